The van der Waals surface area contributed by atoms with Crippen molar-refractivity contribution < 1.29 is 8.83 Å². The quantitative estimate of drug-likeness (QED) is 0.159. The van der Waals surface area contributed by atoms with Crippen LogP contribution in [0.4, 0.5) is 0 Å². The maximum absolute atomic E-state index is 6.62. The summed E-state index contributed by atoms with van der Waals surface area (Å²) in [6, 6.07) is 80.5. The summed E-state index contributed by atoms with van der Waals surface area (Å²) in [7, 11) is 0. The van der Waals surface area contributed by atoms with Gasteiger partial charge in [0.15, 0.2) is 17.5 Å². The highest BCUT2D eigenvalue weighted by molar-refractivity contribution is 6.14. The zero-order chi connectivity index (χ0) is 45.4. The lowest BCUT2D eigenvalue weighted by molar-refractivity contribution is 0.668. The van der Waals surface area contributed by atoms with E-state index in [0.29, 0.717) is 17.5 Å². The molecule has 0 aliphatic carbocycles. The van der Waals surface area contributed by atoms with Gasteiger partial charge in [-0.1, -0.05) is 164 Å². The predicted octanol–water partition coefficient (Wildman–Crippen LogP) is 16.8. The van der Waals surface area contributed by atoms with Gasteiger partial charge in [-0.25, -0.2) is 15.0 Å². The second kappa shape index (κ2) is 15.6. The number of hydrogen-bond acceptors (Lipinski definition) is 5. The molecule has 322 valence electrons. The summed E-state index contributed by atoms with van der Waals surface area (Å²) in [6.07, 6.45) is 0. The molecule has 4 heterocycles. The van der Waals surface area contributed by atoms with Crippen molar-refractivity contribution in [2.75, 3.05) is 0 Å². The average Bonchev–Trinajstić information content (AvgIpc) is 4.10. The van der Waals surface area contributed by atoms with Gasteiger partial charge in [-0.05, 0) is 100 Å². The van der Waals surface area contributed by atoms with Crippen molar-refractivity contribution >= 4 is 65.7 Å². The van der Waals surface area contributed by atoms with Gasteiger partial charge in [-0.15, -0.1) is 0 Å². The summed E-state index contributed by atoms with van der Waals surface area (Å²) < 4.78 is 15.3. The fourth-order valence-corrected chi connectivity index (χ4v) is 10.2. The molecule has 0 aliphatic heterocycles. The summed E-state index contributed by atoms with van der Waals surface area (Å²) in [6.45, 7) is 0. The van der Waals surface area contributed by atoms with E-state index in [1.165, 1.54) is 21.8 Å². The normalized spacial score (nSPS) is 11.8. The van der Waals surface area contributed by atoms with Gasteiger partial charge in [0.1, 0.15) is 22.3 Å². The molecule has 14 rings (SSSR count). The summed E-state index contributed by atoms with van der Waals surface area (Å²) in [4.78, 5) is 15.7. The van der Waals surface area contributed by atoms with Crippen molar-refractivity contribution in [1.82, 2.24) is 19.5 Å². The van der Waals surface area contributed by atoms with E-state index in [2.05, 4.69) is 193 Å². The second-order valence-corrected chi connectivity index (χ2v) is 17.5. The number of para-hydroxylation sites is 3. The SMILES string of the molecule is c1ccc(-c2ccc(-c3nc(-c4ccc5c(c4)oc4ccccc45)nc(-c4cccc5oc6ccc(-c7ccccc7-c7ccc8c(c7)c7ccccc7n8-c7ccccc7)cc6c45)n3)cc2)cc1. The molecular weight excluding hydrogens is 845 g/mol. The standard InChI is InChI=1S/C63H38N4O2/c1-3-14-39(15-4-1)40-26-28-41(29-27-40)61-64-62(44-30-33-50-49-21-10-12-24-56(49)69-59(50)38-44)66-63(65-61)51-22-13-25-58-60(51)53-37-43(32-35-57(53)68-58)47-19-8-7-18-46(47)42-31-34-55-52(36-42)48-20-9-11-23-54(48)67(55)45-16-5-2-6-17-45/h1-38H. The van der Waals surface area contributed by atoms with E-state index in [4.69, 9.17) is 23.8 Å². The molecule has 0 aliphatic rings. The van der Waals surface area contributed by atoms with Crippen LogP contribution in [-0.2, 0) is 0 Å². The zero-order valence-electron chi connectivity index (χ0n) is 37.0. The van der Waals surface area contributed by atoms with Crippen LogP contribution in [0.1, 0.15) is 0 Å². The first-order valence-corrected chi connectivity index (χ1v) is 23.2. The highest BCUT2D eigenvalue weighted by Crippen LogP contribution is 2.42. The number of rotatable bonds is 7. The van der Waals surface area contributed by atoms with Crippen molar-refractivity contribution in [2.24, 2.45) is 0 Å². The van der Waals surface area contributed by atoms with Gasteiger partial charge in [-0.2, -0.15) is 0 Å². The smallest absolute Gasteiger partial charge is 0.164 e. The van der Waals surface area contributed by atoms with Crippen LogP contribution >= 0.6 is 0 Å². The molecule has 0 amide bonds. The molecule has 0 fully saturated rings. The topological polar surface area (TPSA) is 69.9 Å². The van der Waals surface area contributed by atoms with Crippen molar-refractivity contribution in [2.45, 2.75) is 0 Å². The van der Waals surface area contributed by atoms with E-state index in [1.54, 1.807) is 0 Å². The van der Waals surface area contributed by atoms with Crippen LogP contribution in [0.3, 0.4) is 0 Å². The first kappa shape index (κ1) is 38.8. The van der Waals surface area contributed by atoms with Gasteiger partial charge < -0.3 is 13.4 Å². The van der Waals surface area contributed by atoms with Gasteiger partial charge in [0, 0.05) is 54.7 Å². The molecule has 4 aromatic heterocycles. The second-order valence-electron chi connectivity index (χ2n) is 17.5. The zero-order valence-corrected chi connectivity index (χ0v) is 37.0. The Labute approximate surface area is 396 Å². The van der Waals surface area contributed by atoms with Crippen LogP contribution in [0, 0.1) is 0 Å². The van der Waals surface area contributed by atoms with E-state index in [1.807, 2.05) is 42.5 Å². The number of furan rings is 2. The average molecular weight is 883 g/mol. The van der Waals surface area contributed by atoms with E-state index < -0.39 is 0 Å². The fourth-order valence-electron chi connectivity index (χ4n) is 10.2. The molecule has 14 aromatic rings. The Morgan fingerprint density at radius 3 is 1.61 bits per heavy atom. The molecule has 10 aromatic carbocycles. The van der Waals surface area contributed by atoms with Crippen LogP contribution in [-0.4, -0.2) is 19.5 Å². The lowest BCUT2D eigenvalue weighted by atomic mass is 9.92. The molecule has 0 N–H and O–H groups in total. The lowest BCUT2D eigenvalue weighted by Gasteiger charge is -2.12. The first-order chi connectivity index (χ1) is 34.2. The Balaban J connectivity index is 0.919. The van der Waals surface area contributed by atoms with Crippen molar-refractivity contribution in [3.63, 3.8) is 0 Å². The molecule has 0 saturated heterocycles. The van der Waals surface area contributed by atoms with Gasteiger partial charge in [-0.3, -0.25) is 0 Å². The summed E-state index contributed by atoms with van der Waals surface area (Å²) in [5, 5.41) is 6.47. The third-order valence-electron chi connectivity index (χ3n) is 13.5. The molecule has 0 spiro atoms. The van der Waals surface area contributed by atoms with Crippen molar-refractivity contribution in [1.29, 1.82) is 0 Å². The minimum atomic E-state index is 0.549. The van der Waals surface area contributed by atoms with Crippen LogP contribution in [0.25, 0.3) is 139 Å². The number of fused-ring (bicyclic) bond motifs is 9. The fraction of sp³-hybridized carbons (Fsp3) is 0. The number of aromatic nitrogens is 4. The summed E-state index contributed by atoms with van der Waals surface area (Å²) >= 11 is 0. The highest BCUT2D eigenvalue weighted by atomic mass is 16.3. The molecule has 0 atom stereocenters. The van der Waals surface area contributed by atoms with Crippen molar-refractivity contribution in [3.8, 4) is 73.2 Å². The largest absolute Gasteiger partial charge is 0.456 e. The van der Waals surface area contributed by atoms with Crippen LogP contribution in [0.2, 0.25) is 0 Å². The molecule has 0 radical (unpaired) electrons. The predicted molar refractivity (Wildman–Crippen MR) is 281 cm³/mol. The molecule has 6 heteroatoms. The number of hydrogen-bond donors (Lipinski definition) is 0. The Bertz CT molecular complexity index is 4300. The lowest BCUT2D eigenvalue weighted by Crippen LogP contribution is -2.00. The highest BCUT2D eigenvalue weighted by Gasteiger charge is 2.21. The Morgan fingerprint density at radius 1 is 0.275 bits per heavy atom. The first-order valence-electron chi connectivity index (χ1n) is 23.2. The third kappa shape index (κ3) is 6.45. The van der Waals surface area contributed by atoms with Gasteiger partial charge in [0.05, 0.1) is 11.0 Å². The van der Waals surface area contributed by atoms with Crippen molar-refractivity contribution in [3.05, 3.63) is 231 Å². The minimum Gasteiger partial charge on any atom is -0.456 e. The third-order valence-corrected chi connectivity index (χ3v) is 13.5. The Hall–Kier alpha value is -9.39. The Morgan fingerprint density at radius 2 is 0.797 bits per heavy atom. The molecule has 0 unspecified atom stereocenters. The number of benzene rings is 10. The maximum atomic E-state index is 6.62. The molecule has 0 bridgehead atoms. The monoisotopic (exact) mass is 882 g/mol. The molecule has 6 nitrogen and oxygen atoms in total. The molecule has 69 heavy (non-hydrogen) atoms. The van der Waals surface area contributed by atoms with Crippen LogP contribution in [0.5, 0.6) is 0 Å². The van der Waals surface area contributed by atoms with Gasteiger partial charge >= 0.3 is 0 Å². The maximum Gasteiger partial charge on any atom is 0.164 e. The molecule has 0 saturated carbocycles. The van der Waals surface area contributed by atoms with Crippen LogP contribution < -0.4 is 0 Å². The van der Waals surface area contributed by atoms with E-state index in [9.17, 15) is 0 Å². The van der Waals surface area contributed by atoms with Crippen LogP contribution in [0.15, 0.2) is 239 Å². The van der Waals surface area contributed by atoms with Gasteiger partial charge in [0.25, 0.3) is 0 Å². The van der Waals surface area contributed by atoms with E-state index >= 15 is 0 Å². The summed E-state index contributed by atoms with van der Waals surface area (Å²) in [5.74, 6) is 1.67. The number of nitrogens with zero attached hydrogens (tertiary/aromatic N) is 4. The van der Waals surface area contributed by atoms with E-state index in [0.717, 1.165) is 99.6 Å². The Kier molecular flexibility index (Phi) is 8.79. The van der Waals surface area contributed by atoms with E-state index in [-0.39, 0.29) is 0 Å². The summed E-state index contributed by atoms with van der Waals surface area (Å²) in [5.41, 5.74) is 16.0. The molecular formula is C63H38N4O2. The van der Waals surface area contributed by atoms with Gasteiger partial charge in [0.2, 0.25) is 0 Å². The minimum absolute atomic E-state index is 0.549.